The van der Waals surface area contributed by atoms with Gasteiger partial charge in [-0.25, -0.2) is 4.79 Å². The number of carbonyl (C=O) groups is 4. The van der Waals surface area contributed by atoms with Gasteiger partial charge in [0.05, 0.1) is 11.5 Å². The predicted octanol–water partition coefficient (Wildman–Crippen LogP) is 7.22. The normalized spacial score (nSPS) is 14.4. The lowest BCUT2D eigenvalue weighted by Gasteiger charge is -2.18. The molecule has 1 fully saturated rings. The van der Waals surface area contributed by atoms with Crippen LogP contribution in [0.15, 0.2) is 91.0 Å². The van der Waals surface area contributed by atoms with E-state index < -0.39 is 30.2 Å². The van der Waals surface area contributed by atoms with Crippen molar-refractivity contribution >= 4 is 29.3 Å². The number of benzene rings is 4. The number of rotatable bonds is 10. The van der Waals surface area contributed by atoms with Crippen molar-refractivity contribution in [3.8, 4) is 17.2 Å². The van der Waals surface area contributed by atoms with Gasteiger partial charge in [0.25, 0.3) is 0 Å². The van der Waals surface area contributed by atoms with Crippen LogP contribution in [0.4, 0.5) is 5.69 Å². The molecule has 45 heavy (non-hydrogen) atoms. The molecule has 0 spiro atoms. The van der Waals surface area contributed by atoms with E-state index in [4.69, 9.17) is 14.2 Å². The molecule has 0 radical (unpaired) electrons. The van der Waals surface area contributed by atoms with Crippen LogP contribution in [0.25, 0.3) is 0 Å². The Labute approximate surface area is 262 Å². The largest absolute Gasteiger partial charge is 0.457 e. The Bertz CT molecular complexity index is 1710. The van der Waals surface area contributed by atoms with Crippen LogP contribution in [0.2, 0.25) is 0 Å². The smallest absolute Gasteiger partial charge is 0.343 e. The molecule has 1 saturated heterocycles. The van der Waals surface area contributed by atoms with Gasteiger partial charge in [0.15, 0.2) is 12.4 Å². The highest BCUT2D eigenvalue weighted by molar-refractivity contribution is 6.01. The third-order valence-corrected chi connectivity index (χ3v) is 7.65. The predicted molar refractivity (Wildman–Crippen MR) is 170 cm³/mol. The van der Waals surface area contributed by atoms with Gasteiger partial charge >= 0.3 is 11.9 Å². The molecule has 1 amide bonds. The van der Waals surface area contributed by atoms with Gasteiger partial charge in [-0.2, -0.15) is 0 Å². The Morgan fingerprint density at radius 2 is 1.42 bits per heavy atom. The molecule has 4 aromatic carbocycles. The van der Waals surface area contributed by atoms with Crippen LogP contribution in [-0.4, -0.2) is 36.8 Å². The van der Waals surface area contributed by atoms with E-state index in [1.807, 2.05) is 32.0 Å². The molecule has 0 N–H and O–H groups in total. The minimum Gasteiger partial charge on any atom is -0.457 e. The van der Waals surface area contributed by atoms with Crippen molar-refractivity contribution in [1.29, 1.82) is 0 Å². The van der Waals surface area contributed by atoms with Crippen LogP contribution in [0.1, 0.15) is 63.6 Å². The second kappa shape index (κ2) is 13.6. The Hall–Kier alpha value is -5.24. The highest BCUT2D eigenvalue weighted by Gasteiger charge is 2.36. The number of Topliss-reactive ketones (excluding diaryl/α,β-unsaturated/α-hetero) is 1. The number of esters is 2. The van der Waals surface area contributed by atoms with E-state index >= 15 is 0 Å². The molecule has 8 heteroatoms. The van der Waals surface area contributed by atoms with Gasteiger partial charge in [-0.3, -0.25) is 14.4 Å². The number of anilines is 1. The summed E-state index contributed by atoms with van der Waals surface area (Å²) >= 11 is 0. The lowest BCUT2D eigenvalue weighted by Crippen LogP contribution is -2.27. The topological polar surface area (TPSA) is 99.2 Å². The number of carbonyl (C=O) groups excluding carboxylic acids is 4. The maximum atomic E-state index is 12.8. The standard InChI is InChI=1S/C37H35NO7/c1-23(2)32-18-7-25(4)19-34(32)44-30-16-12-29(13-17-30)38-21-28(20-35(38)40)36(41)43-22-33(39)26-10-14-31(15-11-26)45-37(42)27-8-5-24(3)6-9-27/h5-19,23,28H,20-22H2,1-4H3/t28-/m0/s1. The van der Waals surface area contributed by atoms with Gasteiger partial charge < -0.3 is 19.1 Å². The van der Waals surface area contributed by atoms with Crippen molar-refractivity contribution in [2.24, 2.45) is 5.92 Å². The van der Waals surface area contributed by atoms with Crippen LogP contribution in [0, 0.1) is 19.8 Å². The number of hydrogen-bond donors (Lipinski definition) is 0. The lowest BCUT2D eigenvalue weighted by molar-refractivity contribution is -0.147. The fraction of sp³-hybridized carbons (Fsp3) is 0.243. The van der Waals surface area contributed by atoms with Crippen molar-refractivity contribution in [2.45, 2.75) is 40.0 Å². The number of amides is 1. The Morgan fingerprint density at radius 1 is 0.800 bits per heavy atom. The lowest BCUT2D eigenvalue weighted by atomic mass is 10.0. The second-order valence-electron chi connectivity index (χ2n) is 11.5. The fourth-order valence-corrected chi connectivity index (χ4v) is 5.05. The Kier molecular flexibility index (Phi) is 9.42. The molecule has 230 valence electrons. The maximum absolute atomic E-state index is 12.8. The van der Waals surface area contributed by atoms with Gasteiger partial charge in [0.1, 0.15) is 17.2 Å². The summed E-state index contributed by atoms with van der Waals surface area (Å²) in [7, 11) is 0. The number of aryl methyl sites for hydroxylation is 2. The van der Waals surface area contributed by atoms with Crippen LogP contribution < -0.4 is 14.4 Å². The summed E-state index contributed by atoms with van der Waals surface area (Å²) in [4.78, 5) is 52.1. The molecule has 1 atom stereocenters. The molecule has 1 aliphatic rings. The zero-order valence-electron chi connectivity index (χ0n) is 25.7. The summed E-state index contributed by atoms with van der Waals surface area (Å²) < 4.78 is 16.8. The van der Waals surface area contributed by atoms with Crippen molar-refractivity contribution in [3.63, 3.8) is 0 Å². The molecule has 1 aliphatic heterocycles. The molecule has 0 aliphatic carbocycles. The number of nitrogens with zero attached hydrogens (tertiary/aromatic N) is 1. The molecular formula is C37H35NO7. The number of hydrogen-bond acceptors (Lipinski definition) is 7. The minimum absolute atomic E-state index is 0.00658. The first-order chi connectivity index (χ1) is 21.6. The molecule has 0 unspecified atom stereocenters. The van der Waals surface area contributed by atoms with Gasteiger partial charge in [-0.1, -0.05) is 43.7 Å². The highest BCUT2D eigenvalue weighted by atomic mass is 16.5. The van der Waals surface area contributed by atoms with Crippen molar-refractivity contribution < 1.29 is 33.4 Å². The van der Waals surface area contributed by atoms with E-state index in [9.17, 15) is 19.2 Å². The van der Waals surface area contributed by atoms with E-state index in [0.717, 1.165) is 22.4 Å². The SMILES string of the molecule is Cc1ccc(C(=O)Oc2ccc(C(=O)COC(=O)[C@H]3CC(=O)N(c4ccc(Oc5cc(C)ccc5C(C)C)cc4)C3)cc2)cc1. The monoisotopic (exact) mass is 605 g/mol. The Balaban J connectivity index is 1.12. The zero-order chi connectivity index (χ0) is 32.1. The zero-order valence-corrected chi connectivity index (χ0v) is 25.7. The van der Waals surface area contributed by atoms with E-state index in [-0.39, 0.29) is 24.6 Å². The first-order valence-corrected chi connectivity index (χ1v) is 14.8. The van der Waals surface area contributed by atoms with Crippen LogP contribution in [0.3, 0.4) is 0 Å². The van der Waals surface area contributed by atoms with Gasteiger partial charge in [-0.15, -0.1) is 0 Å². The third kappa shape index (κ3) is 7.65. The molecule has 0 aromatic heterocycles. The molecule has 4 aromatic rings. The van der Waals surface area contributed by atoms with Crippen molar-refractivity contribution in [2.75, 3.05) is 18.1 Å². The van der Waals surface area contributed by atoms with Gasteiger partial charge in [0.2, 0.25) is 5.91 Å². The third-order valence-electron chi connectivity index (χ3n) is 7.65. The maximum Gasteiger partial charge on any atom is 0.343 e. The minimum atomic E-state index is -0.689. The number of ether oxygens (including phenoxy) is 3. The van der Waals surface area contributed by atoms with Crippen LogP contribution in [0.5, 0.6) is 17.2 Å². The first kappa shape index (κ1) is 31.2. The van der Waals surface area contributed by atoms with E-state index in [2.05, 4.69) is 26.0 Å². The van der Waals surface area contributed by atoms with Gasteiger partial charge in [0, 0.05) is 24.2 Å². The second-order valence-corrected chi connectivity index (χ2v) is 11.5. The summed E-state index contributed by atoms with van der Waals surface area (Å²) in [6, 6.07) is 26.4. The molecule has 8 nitrogen and oxygen atoms in total. The van der Waals surface area contributed by atoms with Gasteiger partial charge in [-0.05, 0) is 97.6 Å². The molecular weight excluding hydrogens is 570 g/mol. The van der Waals surface area contributed by atoms with Crippen molar-refractivity contribution in [3.05, 3.63) is 119 Å². The summed E-state index contributed by atoms with van der Waals surface area (Å²) in [5, 5.41) is 0. The summed E-state index contributed by atoms with van der Waals surface area (Å²) in [5.74, 6) is -0.386. The van der Waals surface area contributed by atoms with Crippen molar-refractivity contribution in [1.82, 2.24) is 0 Å². The van der Waals surface area contributed by atoms with E-state index in [1.54, 1.807) is 41.3 Å². The van der Waals surface area contributed by atoms with Crippen LogP contribution in [-0.2, 0) is 14.3 Å². The average molecular weight is 606 g/mol. The fourth-order valence-electron chi connectivity index (χ4n) is 5.05. The highest BCUT2D eigenvalue weighted by Crippen LogP contribution is 2.33. The first-order valence-electron chi connectivity index (χ1n) is 14.8. The van der Waals surface area contributed by atoms with Crippen LogP contribution >= 0.6 is 0 Å². The summed E-state index contributed by atoms with van der Waals surface area (Å²) in [6.45, 7) is 7.86. The molecule has 1 heterocycles. The molecule has 0 saturated carbocycles. The summed E-state index contributed by atoms with van der Waals surface area (Å²) in [5.41, 5.74) is 4.60. The average Bonchev–Trinajstić information content (AvgIpc) is 3.42. The molecule has 0 bridgehead atoms. The van der Waals surface area contributed by atoms with E-state index in [1.165, 1.54) is 24.3 Å². The number of ketones is 1. The van der Waals surface area contributed by atoms with E-state index in [0.29, 0.717) is 28.5 Å². The summed E-state index contributed by atoms with van der Waals surface area (Å²) in [6.07, 6.45) is -0.00658. The quantitative estimate of drug-likeness (QED) is 0.107. The molecule has 5 rings (SSSR count). The Morgan fingerprint density at radius 3 is 2.09 bits per heavy atom.